The van der Waals surface area contributed by atoms with Crippen LogP contribution in [0, 0.1) is 0 Å². The van der Waals surface area contributed by atoms with Gasteiger partial charge in [-0.3, -0.25) is 9.69 Å². The van der Waals surface area contributed by atoms with Gasteiger partial charge in [-0.15, -0.1) is 0 Å². The van der Waals surface area contributed by atoms with Crippen molar-refractivity contribution in [1.82, 2.24) is 4.90 Å². The molecule has 0 bridgehead atoms. The summed E-state index contributed by atoms with van der Waals surface area (Å²) in [6.07, 6.45) is 2.22. The minimum Gasteiger partial charge on any atom is -0.454 e. The number of rotatable bonds is 2. The van der Waals surface area contributed by atoms with Gasteiger partial charge in [0.1, 0.15) is 5.76 Å². The number of alkyl halides is 1. The van der Waals surface area contributed by atoms with E-state index in [1.54, 1.807) is 6.20 Å². The van der Waals surface area contributed by atoms with Crippen LogP contribution >= 0.6 is 11.6 Å². The second-order valence-electron chi connectivity index (χ2n) is 2.82. The Morgan fingerprint density at radius 1 is 1.36 bits per heavy atom. The van der Waals surface area contributed by atoms with Gasteiger partial charge in [-0.05, 0) is 0 Å². The van der Waals surface area contributed by atoms with Gasteiger partial charge in [-0.2, -0.15) is 0 Å². The molecule has 1 aliphatic rings. The number of halogens is 1. The number of ether oxygens (including phenoxy) is 1. The summed E-state index contributed by atoms with van der Waals surface area (Å²) in [5, 5.41) is 0. The van der Waals surface area contributed by atoms with E-state index < -0.39 is 5.69 Å². The summed E-state index contributed by atoms with van der Waals surface area (Å²) in [5.74, 6) is 0.609. The largest absolute Gasteiger partial charge is 0.454 e. The number of amides is 1. The Kier molecular flexibility index (Phi) is 2.41. The van der Waals surface area contributed by atoms with Crippen LogP contribution < -0.4 is 0 Å². The average Bonchev–Trinajstić information content (AvgIpc) is 2.61. The highest BCUT2D eigenvalue weighted by Crippen LogP contribution is 2.27. The molecule has 1 heterocycles. The van der Waals surface area contributed by atoms with Gasteiger partial charge in [0.2, 0.25) is 6.41 Å². The molecular weight excluding hydrogens is 202 g/mol. The summed E-state index contributed by atoms with van der Waals surface area (Å²) in [6, 6.07) is 9.49. The fraction of sp³-hybridized carbons (Fsp3) is 0.100. The number of carbonyl (C=O) groups is 1. The van der Waals surface area contributed by atoms with Crippen LogP contribution in [0.3, 0.4) is 0 Å². The molecule has 14 heavy (non-hydrogen) atoms. The maximum Gasteiger partial charge on any atom is 0.256 e. The molecule has 1 aliphatic heterocycles. The Balaban J connectivity index is 2.26. The minimum atomic E-state index is -0.734. The van der Waals surface area contributed by atoms with Gasteiger partial charge in [0.05, 0.1) is 6.20 Å². The van der Waals surface area contributed by atoms with Crippen molar-refractivity contribution in [2.45, 2.75) is 5.69 Å². The Morgan fingerprint density at radius 3 is 2.64 bits per heavy atom. The topological polar surface area (TPSA) is 29.5 Å². The van der Waals surface area contributed by atoms with Gasteiger partial charge in [-0.25, -0.2) is 0 Å². The first-order chi connectivity index (χ1) is 6.81. The van der Waals surface area contributed by atoms with Crippen LogP contribution in [0.15, 0.2) is 36.5 Å². The van der Waals surface area contributed by atoms with E-state index in [2.05, 4.69) is 0 Å². The third kappa shape index (κ3) is 1.59. The maximum absolute atomic E-state index is 10.5. The first-order valence-electron chi connectivity index (χ1n) is 4.12. The summed E-state index contributed by atoms with van der Waals surface area (Å²) in [4.78, 5) is 11.8. The van der Waals surface area contributed by atoms with Gasteiger partial charge in [0, 0.05) is 5.56 Å². The standard InChI is InChI=1S/C10H8ClNO2/c11-10-12(7-13)6-9(14-10)8-4-2-1-3-5-8/h1-7,10H. The zero-order valence-electron chi connectivity index (χ0n) is 7.26. The molecule has 0 fully saturated rings. The summed E-state index contributed by atoms with van der Waals surface area (Å²) in [7, 11) is 0. The predicted octanol–water partition coefficient (Wildman–Crippen LogP) is 2.00. The molecule has 0 saturated heterocycles. The Hall–Kier alpha value is -1.48. The third-order valence-corrected chi connectivity index (χ3v) is 2.22. The minimum absolute atomic E-state index is 0.609. The number of nitrogens with zero attached hydrogens (tertiary/aromatic N) is 1. The van der Waals surface area contributed by atoms with E-state index in [4.69, 9.17) is 16.3 Å². The van der Waals surface area contributed by atoms with Crippen LogP contribution in [0.4, 0.5) is 0 Å². The highest BCUT2D eigenvalue weighted by atomic mass is 35.5. The van der Waals surface area contributed by atoms with Crippen molar-refractivity contribution < 1.29 is 9.53 Å². The lowest BCUT2D eigenvalue weighted by atomic mass is 10.2. The zero-order chi connectivity index (χ0) is 9.97. The average molecular weight is 210 g/mol. The molecule has 2 rings (SSSR count). The first-order valence-corrected chi connectivity index (χ1v) is 4.55. The highest BCUT2D eigenvalue weighted by molar-refractivity contribution is 6.20. The Morgan fingerprint density at radius 2 is 2.07 bits per heavy atom. The van der Waals surface area contributed by atoms with Crippen molar-refractivity contribution in [1.29, 1.82) is 0 Å². The molecule has 72 valence electrons. The molecule has 0 radical (unpaired) electrons. The van der Waals surface area contributed by atoms with Crippen LogP contribution in [0.1, 0.15) is 5.56 Å². The van der Waals surface area contributed by atoms with Gasteiger partial charge in [-0.1, -0.05) is 41.9 Å². The predicted molar refractivity (Wildman–Crippen MR) is 53.0 cm³/mol. The monoisotopic (exact) mass is 209 g/mol. The molecule has 1 aromatic rings. The molecule has 4 heteroatoms. The third-order valence-electron chi connectivity index (χ3n) is 1.90. The molecule has 0 spiro atoms. The first kappa shape index (κ1) is 9.09. The molecular formula is C10H8ClNO2. The fourth-order valence-corrected chi connectivity index (χ4v) is 1.41. The second-order valence-corrected chi connectivity index (χ2v) is 3.20. The van der Waals surface area contributed by atoms with E-state index in [1.807, 2.05) is 30.3 Å². The number of carbonyl (C=O) groups excluding carboxylic acids is 1. The summed E-state index contributed by atoms with van der Waals surface area (Å²) in [6.45, 7) is 0. The second kappa shape index (κ2) is 3.72. The molecule has 0 aromatic heterocycles. The van der Waals surface area contributed by atoms with Crippen molar-refractivity contribution in [3.05, 3.63) is 42.1 Å². The van der Waals surface area contributed by atoms with Crippen LogP contribution in [0.5, 0.6) is 0 Å². The summed E-state index contributed by atoms with van der Waals surface area (Å²) in [5.41, 5.74) is 0.171. The van der Waals surface area contributed by atoms with Crippen molar-refractivity contribution >= 4 is 23.8 Å². The normalized spacial score (nSPS) is 20.2. The molecule has 1 unspecified atom stereocenters. The molecule has 1 atom stereocenters. The van der Waals surface area contributed by atoms with Crippen molar-refractivity contribution in [3.8, 4) is 0 Å². The molecule has 3 nitrogen and oxygen atoms in total. The van der Waals surface area contributed by atoms with E-state index in [9.17, 15) is 4.79 Å². The smallest absolute Gasteiger partial charge is 0.256 e. The van der Waals surface area contributed by atoms with Crippen molar-refractivity contribution in [2.24, 2.45) is 0 Å². The van der Waals surface area contributed by atoms with Crippen LogP contribution in [0.25, 0.3) is 5.76 Å². The van der Waals surface area contributed by atoms with Gasteiger partial charge in [0.25, 0.3) is 5.69 Å². The van der Waals surface area contributed by atoms with Crippen LogP contribution in [0.2, 0.25) is 0 Å². The lowest BCUT2D eigenvalue weighted by Gasteiger charge is -2.10. The Labute approximate surface area is 86.5 Å². The highest BCUT2D eigenvalue weighted by Gasteiger charge is 2.23. The number of benzene rings is 1. The lowest BCUT2D eigenvalue weighted by Crippen LogP contribution is -2.20. The number of hydrogen-bond donors (Lipinski definition) is 0. The van der Waals surface area contributed by atoms with Gasteiger partial charge in [0.15, 0.2) is 0 Å². The van der Waals surface area contributed by atoms with Crippen LogP contribution in [-0.4, -0.2) is 17.0 Å². The molecule has 0 aliphatic carbocycles. The van der Waals surface area contributed by atoms with E-state index >= 15 is 0 Å². The summed E-state index contributed by atoms with van der Waals surface area (Å²) < 4.78 is 5.27. The van der Waals surface area contributed by atoms with E-state index in [0.29, 0.717) is 12.2 Å². The van der Waals surface area contributed by atoms with Crippen molar-refractivity contribution in [3.63, 3.8) is 0 Å². The fourth-order valence-electron chi connectivity index (χ4n) is 1.21. The quantitative estimate of drug-likeness (QED) is 0.424. The zero-order valence-corrected chi connectivity index (χ0v) is 8.02. The number of hydrogen-bond acceptors (Lipinski definition) is 2. The van der Waals surface area contributed by atoms with E-state index in [-0.39, 0.29) is 0 Å². The maximum atomic E-state index is 10.5. The van der Waals surface area contributed by atoms with E-state index in [1.165, 1.54) is 4.90 Å². The van der Waals surface area contributed by atoms with Gasteiger partial charge < -0.3 is 4.74 Å². The van der Waals surface area contributed by atoms with Crippen LogP contribution in [-0.2, 0) is 9.53 Å². The Bertz CT molecular complexity index is 364. The molecule has 1 aromatic carbocycles. The van der Waals surface area contributed by atoms with Crippen molar-refractivity contribution in [2.75, 3.05) is 0 Å². The van der Waals surface area contributed by atoms with E-state index in [0.717, 1.165) is 5.56 Å². The van der Waals surface area contributed by atoms with Gasteiger partial charge >= 0.3 is 0 Å². The summed E-state index contributed by atoms with van der Waals surface area (Å²) >= 11 is 5.74. The SMILES string of the molecule is O=CN1C=C(c2ccccc2)OC1Cl. The molecule has 1 amide bonds. The lowest BCUT2D eigenvalue weighted by molar-refractivity contribution is -0.118. The molecule has 0 saturated carbocycles. The molecule has 0 N–H and O–H groups in total.